The van der Waals surface area contributed by atoms with Gasteiger partial charge in [0.25, 0.3) is 11.8 Å². The Labute approximate surface area is 286 Å². The molecule has 0 radical (unpaired) electrons. The minimum absolute atomic E-state index is 0.0753. The van der Waals surface area contributed by atoms with Gasteiger partial charge in [0.15, 0.2) is 0 Å². The van der Waals surface area contributed by atoms with Crippen molar-refractivity contribution >= 4 is 52.6 Å². The smallest absolute Gasteiger partial charge is 0.338 e. The van der Waals surface area contributed by atoms with E-state index in [2.05, 4.69) is 10.3 Å². The Morgan fingerprint density at radius 1 is 0.938 bits per heavy atom. The highest BCUT2D eigenvalue weighted by Gasteiger charge is 2.36. The van der Waals surface area contributed by atoms with Crippen molar-refractivity contribution in [3.05, 3.63) is 117 Å². The molecule has 0 spiro atoms. The van der Waals surface area contributed by atoms with Gasteiger partial charge in [-0.1, -0.05) is 29.3 Å². The molecule has 1 atom stereocenters. The molecule has 0 unspecified atom stereocenters. The number of esters is 1. The van der Waals surface area contributed by atoms with E-state index in [9.17, 15) is 23.6 Å². The highest BCUT2D eigenvalue weighted by molar-refractivity contribution is 6.42. The molecule has 4 aromatic rings. The maximum atomic E-state index is 14.8. The summed E-state index contributed by atoms with van der Waals surface area (Å²) in [6.07, 6.45) is 4.16. The molecule has 1 N–H and O–H groups in total. The van der Waals surface area contributed by atoms with Gasteiger partial charge in [0, 0.05) is 38.1 Å². The van der Waals surface area contributed by atoms with Crippen LogP contribution in [0.1, 0.15) is 56.4 Å². The first kappa shape index (κ1) is 33.1. The number of halogens is 3. The molecule has 0 bridgehead atoms. The van der Waals surface area contributed by atoms with Crippen LogP contribution in [0.2, 0.25) is 10.0 Å². The molecule has 1 fully saturated rings. The molecule has 6 rings (SSSR count). The van der Waals surface area contributed by atoms with Crippen molar-refractivity contribution < 1.29 is 28.3 Å². The predicted octanol–water partition coefficient (Wildman–Crippen LogP) is 6.57. The molecule has 1 aromatic heterocycles. The number of pyridine rings is 1. The molecule has 2 heterocycles. The zero-order valence-electron chi connectivity index (χ0n) is 26.1. The van der Waals surface area contributed by atoms with Gasteiger partial charge in [-0.2, -0.15) is 0 Å². The zero-order chi connectivity index (χ0) is 34.1. The van der Waals surface area contributed by atoms with Gasteiger partial charge in [0.1, 0.15) is 18.0 Å². The Hall–Kier alpha value is -4.80. The van der Waals surface area contributed by atoms with E-state index < -0.39 is 23.7 Å². The average Bonchev–Trinajstić information content (AvgIpc) is 3.13. The fourth-order valence-electron chi connectivity index (χ4n) is 5.97. The normalized spacial score (nSPS) is 18.9. The van der Waals surface area contributed by atoms with Crippen LogP contribution >= 0.6 is 23.2 Å². The van der Waals surface area contributed by atoms with Crippen LogP contribution in [0.15, 0.2) is 79.1 Å². The number of anilines is 1. The van der Waals surface area contributed by atoms with Crippen LogP contribution < -0.4 is 10.2 Å². The van der Waals surface area contributed by atoms with E-state index in [-0.39, 0.29) is 41.0 Å². The minimum Gasteiger partial charge on any atom is -0.459 e. The summed E-state index contributed by atoms with van der Waals surface area (Å²) in [5, 5.41) is 3.43. The number of nitrogens with zero attached hydrogens (tertiary/aromatic N) is 3. The number of nitrogens with one attached hydrogen (secondary N) is 1. The lowest BCUT2D eigenvalue weighted by Gasteiger charge is -2.34. The van der Waals surface area contributed by atoms with E-state index in [4.69, 9.17) is 27.9 Å². The van der Waals surface area contributed by atoms with Crippen molar-refractivity contribution in [1.82, 2.24) is 15.2 Å². The SMILES string of the molecule is C[C@@H]1C(=O)N(C)c2cc(-c3ccncc3)ccc2C(=O)N1Cc1cc(F)cc(C(=O)NCC2CC(OC(=O)c3ccc(Cl)c(Cl)c3)C2)c1. The maximum absolute atomic E-state index is 14.8. The average molecular weight is 690 g/mol. The van der Waals surface area contributed by atoms with E-state index in [1.165, 1.54) is 34.1 Å². The van der Waals surface area contributed by atoms with Crippen molar-refractivity contribution in [2.45, 2.75) is 38.5 Å². The third-order valence-electron chi connectivity index (χ3n) is 8.76. The number of hydrogen-bond acceptors (Lipinski definition) is 6. The van der Waals surface area contributed by atoms with Crippen LogP contribution in [-0.2, 0) is 16.1 Å². The van der Waals surface area contributed by atoms with Crippen LogP contribution in [0.5, 0.6) is 0 Å². The van der Waals surface area contributed by atoms with Gasteiger partial charge in [-0.15, -0.1) is 0 Å². The number of carbonyl (C=O) groups excluding carboxylic acids is 4. The highest BCUT2D eigenvalue weighted by Crippen LogP contribution is 2.33. The number of carbonyl (C=O) groups is 4. The molecule has 0 saturated heterocycles. The lowest BCUT2D eigenvalue weighted by Crippen LogP contribution is -2.45. The maximum Gasteiger partial charge on any atom is 0.338 e. The molecular formula is C36H31Cl2FN4O5. The molecular weight excluding hydrogens is 658 g/mol. The highest BCUT2D eigenvalue weighted by atomic mass is 35.5. The summed E-state index contributed by atoms with van der Waals surface area (Å²) in [5.74, 6) is -2.23. The Morgan fingerprint density at radius 3 is 2.42 bits per heavy atom. The minimum atomic E-state index is -0.850. The quantitative estimate of drug-likeness (QED) is 0.210. The second kappa shape index (κ2) is 13.7. The number of fused-ring (bicyclic) bond motifs is 1. The summed E-state index contributed by atoms with van der Waals surface area (Å²) >= 11 is 11.9. The molecule has 1 saturated carbocycles. The Balaban J connectivity index is 1.09. The number of rotatable bonds is 8. The predicted molar refractivity (Wildman–Crippen MR) is 180 cm³/mol. The Morgan fingerprint density at radius 2 is 1.69 bits per heavy atom. The molecule has 1 aliphatic carbocycles. The fourth-order valence-corrected chi connectivity index (χ4v) is 6.27. The van der Waals surface area contributed by atoms with E-state index in [0.29, 0.717) is 46.8 Å². The van der Waals surface area contributed by atoms with Crippen molar-refractivity contribution in [3.8, 4) is 11.1 Å². The van der Waals surface area contributed by atoms with Gasteiger partial charge in [-0.3, -0.25) is 19.4 Å². The van der Waals surface area contributed by atoms with E-state index >= 15 is 0 Å². The number of ether oxygens (including phenoxy) is 1. The second-order valence-electron chi connectivity index (χ2n) is 12.0. The number of aromatic nitrogens is 1. The number of likely N-dealkylation sites (N-methyl/N-ethyl adjacent to an activating group) is 1. The Kier molecular flexibility index (Phi) is 9.48. The second-order valence-corrected chi connectivity index (χ2v) is 12.8. The fraction of sp³-hybridized carbons (Fsp3) is 0.250. The van der Waals surface area contributed by atoms with Gasteiger partial charge in [-0.25, -0.2) is 9.18 Å². The van der Waals surface area contributed by atoms with Crippen molar-refractivity contribution in [3.63, 3.8) is 0 Å². The summed E-state index contributed by atoms with van der Waals surface area (Å²) in [5.41, 5.74) is 3.28. The molecule has 3 amide bonds. The van der Waals surface area contributed by atoms with E-state index in [1.807, 2.05) is 18.2 Å². The van der Waals surface area contributed by atoms with Crippen LogP contribution in [-0.4, -0.2) is 59.3 Å². The van der Waals surface area contributed by atoms with E-state index in [1.54, 1.807) is 44.6 Å². The van der Waals surface area contributed by atoms with Crippen LogP contribution in [0.3, 0.4) is 0 Å². The molecule has 12 heteroatoms. The van der Waals surface area contributed by atoms with E-state index in [0.717, 1.165) is 17.2 Å². The molecule has 2 aliphatic rings. The lowest BCUT2D eigenvalue weighted by molar-refractivity contribution is -0.122. The summed E-state index contributed by atoms with van der Waals surface area (Å²) in [7, 11) is 1.62. The first-order chi connectivity index (χ1) is 23.0. The van der Waals surface area contributed by atoms with Crippen LogP contribution in [0.4, 0.5) is 10.1 Å². The van der Waals surface area contributed by atoms with Gasteiger partial charge < -0.3 is 19.9 Å². The monoisotopic (exact) mass is 688 g/mol. The number of benzene rings is 3. The molecule has 3 aromatic carbocycles. The lowest BCUT2D eigenvalue weighted by atomic mass is 9.82. The summed E-state index contributed by atoms with van der Waals surface area (Å²) < 4.78 is 20.3. The first-order valence-corrected chi connectivity index (χ1v) is 16.1. The van der Waals surface area contributed by atoms with Gasteiger partial charge in [-0.05, 0) is 103 Å². The third-order valence-corrected chi connectivity index (χ3v) is 9.50. The van der Waals surface area contributed by atoms with Crippen LogP contribution in [0, 0.1) is 11.7 Å². The van der Waals surface area contributed by atoms with Crippen molar-refractivity contribution in [2.24, 2.45) is 5.92 Å². The Bertz CT molecular complexity index is 1920. The van der Waals surface area contributed by atoms with Gasteiger partial charge >= 0.3 is 5.97 Å². The molecule has 1 aliphatic heterocycles. The number of amides is 3. The third kappa shape index (κ3) is 6.90. The molecule has 246 valence electrons. The molecule has 9 nitrogen and oxygen atoms in total. The standard InChI is InChI=1S/C36H31Cl2FN4O5/c1-20-34(45)42(2)32-17-24(23-7-9-40-10-8-23)3-5-29(32)35(46)43(20)19-22-11-26(15-27(39)12-22)33(44)41-18-21-13-28(14-21)48-36(47)25-4-6-30(37)31(38)16-25/h3-12,15-17,20-21,28H,13-14,18-19H2,1-2H3,(H,41,44)/t20-,21?,28?/m1/s1. The molecule has 48 heavy (non-hydrogen) atoms. The first-order valence-electron chi connectivity index (χ1n) is 15.3. The van der Waals surface area contributed by atoms with Gasteiger partial charge in [0.2, 0.25) is 5.91 Å². The van der Waals surface area contributed by atoms with Crippen LogP contribution in [0.25, 0.3) is 11.1 Å². The van der Waals surface area contributed by atoms with Crippen molar-refractivity contribution in [1.29, 1.82) is 0 Å². The largest absolute Gasteiger partial charge is 0.459 e. The summed E-state index contributed by atoms with van der Waals surface area (Å²) in [6.45, 7) is 1.86. The summed E-state index contributed by atoms with van der Waals surface area (Å²) in [6, 6.07) is 16.6. The van der Waals surface area contributed by atoms with Gasteiger partial charge in [0.05, 0.1) is 26.9 Å². The van der Waals surface area contributed by atoms with Crippen molar-refractivity contribution in [2.75, 3.05) is 18.5 Å². The summed E-state index contributed by atoms with van der Waals surface area (Å²) in [4.78, 5) is 59.7. The number of hydrogen-bond donors (Lipinski definition) is 1. The topological polar surface area (TPSA) is 109 Å². The zero-order valence-corrected chi connectivity index (χ0v) is 27.6.